The van der Waals surface area contributed by atoms with E-state index in [9.17, 15) is 9.18 Å². The van der Waals surface area contributed by atoms with E-state index >= 15 is 0 Å². The summed E-state index contributed by atoms with van der Waals surface area (Å²) in [5, 5.41) is 0. The van der Waals surface area contributed by atoms with E-state index in [1.54, 1.807) is 0 Å². The van der Waals surface area contributed by atoms with Gasteiger partial charge in [-0.15, -0.1) is 0 Å². The summed E-state index contributed by atoms with van der Waals surface area (Å²) in [6, 6.07) is 4.32. The van der Waals surface area contributed by atoms with Gasteiger partial charge >= 0.3 is 0 Å². The molecule has 0 radical (unpaired) electrons. The number of imidazole rings is 1. The Hall–Kier alpha value is -2.17. The summed E-state index contributed by atoms with van der Waals surface area (Å²) >= 11 is 0. The Labute approximate surface area is 91.1 Å². The van der Waals surface area contributed by atoms with Crippen LogP contribution in [-0.4, -0.2) is 23.4 Å². The summed E-state index contributed by atoms with van der Waals surface area (Å²) in [4.78, 5) is 17.1. The molecule has 2 aromatic rings. The predicted molar refractivity (Wildman–Crippen MR) is 55.9 cm³/mol. The second-order valence-corrected chi connectivity index (χ2v) is 3.15. The van der Waals surface area contributed by atoms with Crippen molar-refractivity contribution in [1.29, 1.82) is 0 Å². The van der Waals surface area contributed by atoms with Crippen LogP contribution in [0.15, 0.2) is 24.4 Å². The highest BCUT2D eigenvalue weighted by Crippen LogP contribution is 2.24. The monoisotopic (exact) mass is 220 g/mol. The molecule has 0 aliphatic rings. The minimum Gasteiger partial charge on any atom is -0.497 e. The van der Waals surface area contributed by atoms with Gasteiger partial charge in [0.05, 0.1) is 24.6 Å². The van der Waals surface area contributed by atoms with Crippen molar-refractivity contribution in [2.75, 3.05) is 7.11 Å². The van der Waals surface area contributed by atoms with Crippen LogP contribution in [-0.2, 0) is 0 Å². The Kier molecular flexibility index (Phi) is 2.68. The molecule has 1 aromatic carbocycles. The third-order valence-electron chi connectivity index (χ3n) is 2.15. The molecule has 2 rings (SSSR count). The van der Waals surface area contributed by atoms with Crippen molar-refractivity contribution in [1.82, 2.24) is 9.97 Å². The minimum absolute atomic E-state index is 0.271. The summed E-state index contributed by atoms with van der Waals surface area (Å²) in [6.07, 6.45) is 1.97. The number of aromatic nitrogens is 2. The number of halogens is 1. The lowest BCUT2D eigenvalue weighted by molar-refractivity contribution is 0.111. The molecule has 5 heteroatoms. The third-order valence-corrected chi connectivity index (χ3v) is 2.15. The van der Waals surface area contributed by atoms with E-state index in [4.69, 9.17) is 4.74 Å². The molecule has 0 amide bonds. The molecule has 1 N–H and O–H groups in total. The number of nitrogens with one attached hydrogen (secondary N) is 1. The van der Waals surface area contributed by atoms with Gasteiger partial charge in [-0.1, -0.05) is 0 Å². The van der Waals surface area contributed by atoms with E-state index in [1.165, 1.54) is 31.5 Å². The van der Waals surface area contributed by atoms with Gasteiger partial charge in [0.15, 0.2) is 6.29 Å². The number of methoxy groups -OCH3 is 1. The van der Waals surface area contributed by atoms with Gasteiger partial charge in [-0.3, -0.25) is 4.79 Å². The fraction of sp³-hybridized carbons (Fsp3) is 0.0909. The van der Waals surface area contributed by atoms with E-state index in [2.05, 4.69) is 9.97 Å². The average molecular weight is 220 g/mol. The first-order chi connectivity index (χ1) is 7.74. The zero-order chi connectivity index (χ0) is 11.5. The highest BCUT2D eigenvalue weighted by molar-refractivity contribution is 5.73. The van der Waals surface area contributed by atoms with Gasteiger partial charge in [-0.2, -0.15) is 0 Å². The Balaban J connectivity index is 2.49. The number of carbonyl (C=O) groups excluding carboxylic acids is 1. The van der Waals surface area contributed by atoms with Gasteiger partial charge in [0.1, 0.15) is 17.4 Å². The number of ether oxygens (including phenoxy) is 1. The van der Waals surface area contributed by atoms with Crippen LogP contribution in [0, 0.1) is 5.82 Å². The summed E-state index contributed by atoms with van der Waals surface area (Å²) in [6.45, 7) is 0. The number of H-pyrrole nitrogens is 1. The number of aromatic amines is 1. The van der Waals surface area contributed by atoms with E-state index in [1.807, 2.05) is 0 Å². The number of hydrogen-bond acceptors (Lipinski definition) is 3. The van der Waals surface area contributed by atoms with E-state index < -0.39 is 5.82 Å². The van der Waals surface area contributed by atoms with Crippen molar-refractivity contribution < 1.29 is 13.9 Å². The van der Waals surface area contributed by atoms with Crippen molar-refractivity contribution in [3.8, 4) is 17.1 Å². The summed E-state index contributed by atoms with van der Waals surface area (Å²) in [5.41, 5.74) is 0.574. The summed E-state index contributed by atoms with van der Waals surface area (Å²) in [5.74, 6) is 0.409. The maximum Gasteiger partial charge on any atom is 0.167 e. The molecule has 0 atom stereocenters. The largest absolute Gasteiger partial charge is 0.497 e. The molecule has 82 valence electrons. The number of aldehydes is 1. The van der Waals surface area contributed by atoms with Gasteiger partial charge < -0.3 is 9.72 Å². The molecule has 1 heterocycles. The van der Waals surface area contributed by atoms with Gasteiger partial charge in [0.25, 0.3) is 0 Å². The Morgan fingerprint density at radius 1 is 1.50 bits per heavy atom. The molecule has 0 spiro atoms. The maximum absolute atomic E-state index is 13.5. The topological polar surface area (TPSA) is 55.0 Å². The Morgan fingerprint density at radius 2 is 2.31 bits per heavy atom. The molecular formula is C11H9FN2O2. The van der Waals surface area contributed by atoms with Crippen molar-refractivity contribution in [2.45, 2.75) is 0 Å². The van der Waals surface area contributed by atoms with Crippen LogP contribution in [0.2, 0.25) is 0 Å². The maximum atomic E-state index is 13.5. The molecule has 0 saturated heterocycles. The van der Waals surface area contributed by atoms with Crippen LogP contribution >= 0.6 is 0 Å². The Morgan fingerprint density at radius 3 is 2.94 bits per heavy atom. The minimum atomic E-state index is -0.424. The molecule has 16 heavy (non-hydrogen) atoms. The lowest BCUT2D eigenvalue weighted by Gasteiger charge is -2.03. The molecule has 4 nitrogen and oxygen atoms in total. The van der Waals surface area contributed by atoms with Crippen LogP contribution in [0.3, 0.4) is 0 Å². The predicted octanol–water partition coefficient (Wildman–Crippen LogP) is 2.04. The lowest BCUT2D eigenvalue weighted by Crippen LogP contribution is -1.90. The zero-order valence-corrected chi connectivity index (χ0v) is 8.53. The number of nitrogens with zero attached hydrogens (tertiary/aromatic N) is 1. The normalized spacial score (nSPS) is 10.1. The van der Waals surface area contributed by atoms with E-state index in [0.717, 1.165) is 0 Å². The number of hydrogen-bond donors (Lipinski definition) is 1. The first kappa shape index (κ1) is 10.4. The molecule has 0 aliphatic heterocycles. The standard InChI is InChI=1S/C11H9FN2O2/c1-16-8-2-3-10(12)9(4-8)11-13-5-7(6-15)14-11/h2-6H,1H3,(H,13,14). The fourth-order valence-electron chi connectivity index (χ4n) is 1.34. The van der Waals surface area contributed by atoms with Crippen LogP contribution in [0.4, 0.5) is 4.39 Å². The number of carbonyl (C=O) groups is 1. The SMILES string of the molecule is COc1ccc(F)c(-c2ncc(C=O)[nH]2)c1. The second-order valence-electron chi connectivity index (χ2n) is 3.15. The first-order valence-electron chi connectivity index (χ1n) is 4.58. The summed E-state index contributed by atoms with van der Waals surface area (Å²) in [7, 11) is 1.50. The Bertz CT molecular complexity index is 522. The number of benzene rings is 1. The molecule has 0 saturated carbocycles. The van der Waals surface area contributed by atoms with Gasteiger partial charge in [0.2, 0.25) is 0 Å². The van der Waals surface area contributed by atoms with E-state index in [-0.39, 0.29) is 5.56 Å². The van der Waals surface area contributed by atoms with Crippen molar-refractivity contribution in [3.63, 3.8) is 0 Å². The molecular weight excluding hydrogens is 211 g/mol. The highest BCUT2D eigenvalue weighted by atomic mass is 19.1. The van der Waals surface area contributed by atoms with Crippen LogP contribution in [0.5, 0.6) is 5.75 Å². The zero-order valence-electron chi connectivity index (χ0n) is 8.53. The smallest absolute Gasteiger partial charge is 0.167 e. The van der Waals surface area contributed by atoms with Gasteiger partial charge in [-0.05, 0) is 18.2 Å². The van der Waals surface area contributed by atoms with Crippen LogP contribution < -0.4 is 4.74 Å². The molecule has 1 aromatic heterocycles. The van der Waals surface area contributed by atoms with Crippen molar-refractivity contribution >= 4 is 6.29 Å². The van der Waals surface area contributed by atoms with Crippen molar-refractivity contribution in [3.05, 3.63) is 35.9 Å². The highest BCUT2D eigenvalue weighted by Gasteiger charge is 2.10. The molecule has 0 bridgehead atoms. The first-order valence-corrected chi connectivity index (χ1v) is 4.58. The van der Waals surface area contributed by atoms with Crippen molar-refractivity contribution in [2.24, 2.45) is 0 Å². The van der Waals surface area contributed by atoms with E-state index in [0.29, 0.717) is 23.6 Å². The second kappa shape index (κ2) is 4.14. The fourth-order valence-corrected chi connectivity index (χ4v) is 1.34. The molecule has 0 fully saturated rings. The lowest BCUT2D eigenvalue weighted by atomic mass is 10.2. The average Bonchev–Trinajstić information content (AvgIpc) is 2.78. The molecule has 0 unspecified atom stereocenters. The third kappa shape index (κ3) is 1.79. The van der Waals surface area contributed by atoms with Crippen LogP contribution in [0.1, 0.15) is 10.5 Å². The van der Waals surface area contributed by atoms with Gasteiger partial charge in [0, 0.05) is 0 Å². The van der Waals surface area contributed by atoms with Crippen LogP contribution in [0.25, 0.3) is 11.4 Å². The number of rotatable bonds is 3. The van der Waals surface area contributed by atoms with Gasteiger partial charge in [-0.25, -0.2) is 9.37 Å². The molecule has 0 aliphatic carbocycles. The summed E-state index contributed by atoms with van der Waals surface area (Å²) < 4.78 is 18.5. The quantitative estimate of drug-likeness (QED) is 0.805.